The van der Waals surface area contributed by atoms with Crippen molar-refractivity contribution in [3.05, 3.63) is 95.3 Å². The molecule has 2 amide bonds. The first-order valence-electron chi connectivity index (χ1n) is 9.12. The van der Waals surface area contributed by atoms with Crippen molar-refractivity contribution < 1.29 is 18.7 Å². The second-order valence-corrected chi connectivity index (χ2v) is 6.41. The molecule has 6 nitrogen and oxygen atoms in total. The molecule has 0 heterocycles. The molecule has 0 radical (unpaired) electrons. The van der Waals surface area contributed by atoms with Gasteiger partial charge in [0.15, 0.2) is 0 Å². The van der Waals surface area contributed by atoms with E-state index in [1.165, 1.54) is 31.4 Å². The average Bonchev–Trinajstić information content (AvgIpc) is 2.78. The molecular weight excluding hydrogens is 385 g/mol. The molecule has 7 heteroatoms. The van der Waals surface area contributed by atoms with E-state index in [1.54, 1.807) is 55.5 Å². The zero-order valence-corrected chi connectivity index (χ0v) is 16.5. The number of methoxy groups -OCH3 is 1. The third-order valence-corrected chi connectivity index (χ3v) is 4.32. The van der Waals surface area contributed by atoms with Gasteiger partial charge in [0.25, 0.3) is 11.8 Å². The molecule has 0 fully saturated rings. The molecule has 152 valence electrons. The summed E-state index contributed by atoms with van der Waals surface area (Å²) in [6.45, 7) is 1.76. The van der Waals surface area contributed by atoms with E-state index in [9.17, 15) is 14.0 Å². The Labute approximate surface area is 173 Å². The number of hydrogen-bond acceptors (Lipinski definition) is 4. The first-order chi connectivity index (χ1) is 14.5. The van der Waals surface area contributed by atoms with Crippen LogP contribution < -0.4 is 15.5 Å². The van der Waals surface area contributed by atoms with Crippen LogP contribution in [0.25, 0.3) is 0 Å². The highest BCUT2D eigenvalue weighted by Crippen LogP contribution is 2.14. The number of amides is 2. The first-order valence-corrected chi connectivity index (χ1v) is 9.12. The second kappa shape index (κ2) is 9.47. The number of halogens is 1. The Bertz CT molecular complexity index is 1080. The van der Waals surface area contributed by atoms with Crippen LogP contribution in [0.4, 0.5) is 10.1 Å². The Morgan fingerprint density at radius 2 is 1.53 bits per heavy atom. The number of anilines is 1. The molecule has 30 heavy (non-hydrogen) atoms. The third-order valence-electron chi connectivity index (χ3n) is 4.32. The number of benzene rings is 3. The minimum atomic E-state index is -0.399. The predicted molar refractivity (Wildman–Crippen MR) is 113 cm³/mol. The third kappa shape index (κ3) is 5.29. The molecule has 3 aromatic rings. The number of nitrogens with one attached hydrogen (secondary N) is 2. The zero-order valence-electron chi connectivity index (χ0n) is 16.5. The normalized spacial score (nSPS) is 11.0. The van der Waals surface area contributed by atoms with Crippen molar-refractivity contribution in [2.45, 2.75) is 6.92 Å². The van der Waals surface area contributed by atoms with E-state index >= 15 is 0 Å². The summed E-state index contributed by atoms with van der Waals surface area (Å²) >= 11 is 0. The van der Waals surface area contributed by atoms with Crippen molar-refractivity contribution in [2.75, 3.05) is 12.4 Å². The van der Waals surface area contributed by atoms with Gasteiger partial charge < -0.3 is 10.1 Å². The highest BCUT2D eigenvalue weighted by molar-refractivity contribution is 6.05. The lowest BCUT2D eigenvalue weighted by molar-refractivity contribution is 0.0953. The number of hydrogen-bond donors (Lipinski definition) is 2. The minimum Gasteiger partial charge on any atom is -0.497 e. The molecule has 0 spiro atoms. The molecular formula is C23H20FN3O3. The van der Waals surface area contributed by atoms with Gasteiger partial charge in [-0.25, -0.2) is 9.82 Å². The van der Waals surface area contributed by atoms with Crippen molar-refractivity contribution in [2.24, 2.45) is 5.10 Å². The Morgan fingerprint density at radius 1 is 0.867 bits per heavy atom. The summed E-state index contributed by atoms with van der Waals surface area (Å²) in [5.74, 6) is -0.499. The molecule has 0 unspecified atom stereocenters. The number of carbonyl (C=O) groups is 2. The van der Waals surface area contributed by atoms with Crippen molar-refractivity contribution in [1.82, 2.24) is 5.43 Å². The van der Waals surface area contributed by atoms with E-state index in [2.05, 4.69) is 15.8 Å². The fourth-order valence-electron chi connectivity index (χ4n) is 2.63. The largest absolute Gasteiger partial charge is 0.497 e. The lowest BCUT2D eigenvalue weighted by Crippen LogP contribution is -2.19. The van der Waals surface area contributed by atoms with E-state index < -0.39 is 5.82 Å². The summed E-state index contributed by atoms with van der Waals surface area (Å²) in [6.07, 6.45) is 0. The topological polar surface area (TPSA) is 79.8 Å². The highest BCUT2D eigenvalue weighted by atomic mass is 19.1. The van der Waals surface area contributed by atoms with E-state index in [4.69, 9.17) is 4.74 Å². The zero-order chi connectivity index (χ0) is 21.5. The molecule has 0 aliphatic carbocycles. The van der Waals surface area contributed by atoms with Gasteiger partial charge in [-0.1, -0.05) is 18.2 Å². The smallest absolute Gasteiger partial charge is 0.271 e. The van der Waals surface area contributed by atoms with Crippen LogP contribution in [0.1, 0.15) is 33.2 Å². The van der Waals surface area contributed by atoms with Gasteiger partial charge >= 0.3 is 0 Å². The van der Waals surface area contributed by atoms with Crippen LogP contribution in [0, 0.1) is 5.82 Å². The summed E-state index contributed by atoms with van der Waals surface area (Å²) < 4.78 is 18.1. The molecule has 0 aliphatic heterocycles. The highest BCUT2D eigenvalue weighted by Gasteiger charge is 2.08. The van der Waals surface area contributed by atoms with Gasteiger partial charge in [0.05, 0.1) is 12.8 Å². The monoisotopic (exact) mass is 405 g/mol. The van der Waals surface area contributed by atoms with Crippen LogP contribution in [0.3, 0.4) is 0 Å². The lowest BCUT2D eigenvalue weighted by Gasteiger charge is -2.07. The summed E-state index contributed by atoms with van der Waals surface area (Å²) in [5, 5.41) is 6.87. The maximum absolute atomic E-state index is 13.0. The van der Waals surface area contributed by atoms with Gasteiger partial charge in [0.2, 0.25) is 0 Å². The fourth-order valence-corrected chi connectivity index (χ4v) is 2.63. The predicted octanol–water partition coefficient (Wildman–Crippen LogP) is 4.24. The van der Waals surface area contributed by atoms with Crippen LogP contribution in [0.2, 0.25) is 0 Å². The van der Waals surface area contributed by atoms with Crippen LogP contribution >= 0.6 is 0 Å². The van der Waals surface area contributed by atoms with Crippen molar-refractivity contribution in [1.29, 1.82) is 0 Å². The molecule has 0 aliphatic rings. The Kier molecular flexibility index (Phi) is 6.54. The molecule has 0 aromatic heterocycles. The maximum atomic E-state index is 13.0. The molecule has 2 N–H and O–H groups in total. The van der Waals surface area contributed by atoms with Crippen molar-refractivity contribution in [3.63, 3.8) is 0 Å². The quantitative estimate of drug-likeness (QED) is 0.476. The van der Waals surface area contributed by atoms with E-state index in [-0.39, 0.29) is 11.8 Å². The summed E-state index contributed by atoms with van der Waals surface area (Å²) in [5.41, 5.74) is 5.27. The molecule has 3 aromatic carbocycles. The minimum absolute atomic E-state index is 0.335. The number of carbonyl (C=O) groups excluding carboxylic acids is 2. The van der Waals surface area contributed by atoms with Gasteiger partial charge in [-0.2, -0.15) is 5.10 Å². The van der Waals surface area contributed by atoms with Gasteiger partial charge in [-0.15, -0.1) is 0 Å². The van der Waals surface area contributed by atoms with E-state index in [0.29, 0.717) is 28.3 Å². The van der Waals surface area contributed by atoms with Crippen LogP contribution in [0.5, 0.6) is 5.75 Å². The van der Waals surface area contributed by atoms with Gasteiger partial charge in [0, 0.05) is 16.8 Å². The Balaban J connectivity index is 1.62. The van der Waals surface area contributed by atoms with Crippen LogP contribution in [0.15, 0.2) is 77.9 Å². The fraction of sp³-hybridized carbons (Fsp3) is 0.0870. The SMILES string of the molecule is COc1cccc(C(=O)N/N=C(\C)c2ccc(NC(=O)c3ccc(F)cc3)cc2)c1. The first kappa shape index (κ1) is 20.7. The Morgan fingerprint density at radius 3 is 2.20 bits per heavy atom. The van der Waals surface area contributed by atoms with E-state index in [0.717, 1.165) is 5.56 Å². The summed E-state index contributed by atoms with van der Waals surface area (Å²) in [7, 11) is 1.53. The van der Waals surface area contributed by atoms with Crippen molar-refractivity contribution >= 4 is 23.2 Å². The van der Waals surface area contributed by atoms with Crippen LogP contribution in [-0.4, -0.2) is 24.6 Å². The number of nitrogens with zero attached hydrogens (tertiary/aromatic N) is 1. The number of hydrazone groups is 1. The van der Waals surface area contributed by atoms with Gasteiger partial charge in [0.1, 0.15) is 11.6 Å². The molecule has 3 rings (SSSR count). The molecule has 0 saturated carbocycles. The standard InChI is InChI=1S/C23H20FN3O3/c1-15(26-27-23(29)18-4-3-5-21(14-18)30-2)16-8-12-20(13-9-16)25-22(28)17-6-10-19(24)11-7-17/h3-14H,1-2H3,(H,25,28)(H,27,29)/b26-15+. The second-order valence-electron chi connectivity index (χ2n) is 6.41. The maximum Gasteiger partial charge on any atom is 0.271 e. The van der Waals surface area contributed by atoms with Gasteiger partial charge in [-0.05, 0) is 67.1 Å². The number of ether oxygens (including phenoxy) is 1. The molecule has 0 atom stereocenters. The molecule has 0 saturated heterocycles. The van der Waals surface area contributed by atoms with Crippen LogP contribution in [-0.2, 0) is 0 Å². The van der Waals surface area contributed by atoms with Crippen molar-refractivity contribution in [3.8, 4) is 5.75 Å². The average molecular weight is 405 g/mol. The molecule has 0 bridgehead atoms. The number of rotatable bonds is 6. The Hall–Kier alpha value is -4.00. The van der Waals surface area contributed by atoms with E-state index in [1.807, 2.05) is 0 Å². The van der Waals surface area contributed by atoms with Gasteiger partial charge in [-0.3, -0.25) is 9.59 Å². The summed E-state index contributed by atoms with van der Waals surface area (Å²) in [4.78, 5) is 24.4. The summed E-state index contributed by atoms with van der Waals surface area (Å²) in [6, 6.07) is 19.1. The lowest BCUT2D eigenvalue weighted by atomic mass is 10.1.